The summed E-state index contributed by atoms with van der Waals surface area (Å²) in [7, 11) is 2.07. The molecule has 0 saturated heterocycles. The Bertz CT molecular complexity index is 555. The van der Waals surface area contributed by atoms with E-state index in [0.717, 1.165) is 10.7 Å². The van der Waals surface area contributed by atoms with Gasteiger partial charge in [-0.1, -0.05) is 24.3 Å². The average Bonchev–Trinajstić information content (AvgIpc) is 2.49. The monoisotopic (exact) mass is 416 g/mol. The quantitative estimate of drug-likeness (QED) is 0.351. The van der Waals surface area contributed by atoms with Crippen LogP contribution in [0.3, 0.4) is 0 Å². The minimum atomic E-state index is 0. The van der Waals surface area contributed by atoms with Crippen molar-refractivity contribution in [3.8, 4) is 0 Å². The van der Waals surface area contributed by atoms with Crippen LogP contribution in [-0.4, -0.2) is 36.6 Å². The van der Waals surface area contributed by atoms with Crippen molar-refractivity contribution in [2.45, 2.75) is 6.42 Å². The molecule has 0 atom stereocenters. The van der Waals surface area contributed by atoms with Gasteiger partial charge in [-0.25, -0.2) is 0 Å². The van der Waals surface area contributed by atoms with Crippen molar-refractivity contribution in [2.75, 3.05) is 31.4 Å². The first-order chi connectivity index (χ1) is 9.76. The van der Waals surface area contributed by atoms with Crippen molar-refractivity contribution >= 4 is 52.5 Å². The maximum atomic E-state index is 8.81. The Kier molecular flexibility index (Phi) is 8.06. The molecule has 21 heavy (non-hydrogen) atoms. The lowest BCUT2D eigenvalue weighted by Gasteiger charge is -2.26. The van der Waals surface area contributed by atoms with Crippen molar-refractivity contribution < 1.29 is 5.11 Å². The summed E-state index contributed by atoms with van der Waals surface area (Å²) in [5.41, 5.74) is 3.56. The van der Waals surface area contributed by atoms with E-state index in [0.29, 0.717) is 13.0 Å². The third kappa shape index (κ3) is 4.86. The van der Waals surface area contributed by atoms with Gasteiger partial charge in [0.05, 0.1) is 5.04 Å². The lowest BCUT2D eigenvalue weighted by atomic mass is 10.1. The Balaban J connectivity index is 0.00000220. The number of aliphatic imine (C=N–C) groups is 1. The molecule has 0 amide bonds. The number of allylic oxidation sites excluding steroid dienone is 1. The van der Waals surface area contributed by atoms with Gasteiger partial charge in [-0.2, -0.15) is 0 Å². The number of aliphatic hydroxyl groups is 1. The number of halogens is 1. The molecular weight excluding hydrogens is 395 g/mol. The van der Waals surface area contributed by atoms with Crippen LogP contribution in [0.25, 0.3) is 6.08 Å². The molecule has 1 aromatic rings. The number of hydrogen-bond acceptors (Lipinski definition) is 4. The van der Waals surface area contributed by atoms with Crippen LogP contribution in [0, 0.1) is 0 Å². The number of para-hydroxylation sites is 1. The Morgan fingerprint density at radius 2 is 2.10 bits per heavy atom. The Morgan fingerprint density at radius 3 is 2.81 bits per heavy atom. The lowest BCUT2D eigenvalue weighted by Crippen LogP contribution is -2.19. The summed E-state index contributed by atoms with van der Waals surface area (Å²) in [6.07, 6.45) is 9.07. The van der Waals surface area contributed by atoms with E-state index in [2.05, 4.69) is 59.4 Å². The highest BCUT2D eigenvalue weighted by Crippen LogP contribution is 2.29. The van der Waals surface area contributed by atoms with Gasteiger partial charge in [-0.05, 0) is 36.5 Å². The highest BCUT2D eigenvalue weighted by molar-refractivity contribution is 14.0. The van der Waals surface area contributed by atoms with E-state index in [1.165, 1.54) is 11.3 Å². The molecule has 0 saturated carbocycles. The zero-order chi connectivity index (χ0) is 14.4. The summed E-state index contributed by atoms with van der Waals surface area (Å²) in [4.78, 5) is 6.67. The first-order valence-electron chi connectivity index (χ1n) is 6.68. The molecule has 5 heteroatoms. The number of aliphatic hydroxyl groups excluding tert-OH is 1. The standard InChI is InChI=1S/C16H20N2OS.HI/c1-18-14(12-16(20-2)17-10-5-11-19)9-8-13-6-3-4-7-15(13)18;/h3-4,6-9,12,19H,5,10-11H2,1-2H3;1H. The fraction of sp³-hybridized carbons (Fsp3) is 0.312. The number of anilines is 1. The predicted molar refractivity (Wildman–Crippen MR) is 105 cm³/mol. The van der Waals surface area contributed by atoms with Crippen molar-refractivity contribution in [3.63, 3.8) is 0 Å². The summed E-state index contributed by atoms with van der Waals surface area (Å²) >= 11 is 1.63. The first-order valence-corrected chi connectivity index (χ1v) is 7.90. The summed E-state index contributed by atoms with van der Waals surface area (Å²) < 4.78 is 0. The molecule has 1 aliphatic heterocycles. The van der Waals surface area contributed by atoms with Crippen molar-refractivity contribution in [1.29, 1.82) is 0 Å². The summed E-state index contributed by atoms with van der Waals surface area (Å²) in [6.45, 7) is 0.857. The maximum absolute atomic E-state index is 8.81. The highest BCUT2D eigenvalue weighted by Gasteiger charge is 2.13. The Hall–Kier alpha value is -0.790. The van der Waals surface area contributed by atoms with Gasteiger partial charge in [0, 0.05) is 31.6 Å². The molecule has 0 aliphatic carbocycles. The van der Waals surface area contributed by atoms with E-state index in [9.17, 15) is 0 Å². The van der Waals surface area contributed by atoms with E-state index in [4.69, 9.17) is 5.11 Å². The normalized spacial score (nSPS) is 15.9. The Labute approximate surface area is 147 Å². The van der Waals surface area contributed by atoms with Gasteiger partial charge in [0.2, 0.25) is 0 Å². The minimum Gasteiger partial charge on any atom is -0.396 e. The van der Waals surface area contributed by atoms with Gasteiger partial charge in [0.15, 0.2) is 0 Å². The van der Waals surface area contributed by atoms with Gasteiger partial charge < -0.3 is 10.0 Å². The van der Waals surface area contributed by atoms with Gasteiger partial charge in [0.25, 0.3) is 0 Å². The summed E-state index contributed by atoms with van der Waals surface area (Å²) in [5.74, 6) is 0. The molecule has 1 heterocycles. The third-order valence-corrected chi connectivity index (χ3v) is 3.85. The topological polar surface area (TPSA) is 35.8 Å². The van der Waals surface area contributed by atoms with Gasteiger partial charge >= 0.3 is 0 Å². The molecule has 0 bridgehead atoms. The number of rotatable bonds is 4. The molecule has 0 unspecified atom stereocenters. The van der Waals surface area contributed by atoms with Gasteiger partial charge in [0.1, 0.15) is 0 Å². The number of thioether (sulfide) groups is 1. The zero-order valence-electron chi connectivity index (χ0n) is 12.3. The molecule has 0 aromatic heterocycles. The van der Waals surface area contributed by atoms with Crippen molar-refractivity contribution in [2.24, 2.45) is 4.99 Å². The van der Waals surface area contributed by atoms with E-state index in [-0.39, 0.29) is 30.6 Å². The molecule has 1 aromatic carbocycles. The minimum absolute atomic E-state index is 0. The van der Waals surface area contributed by atoms with Crippen LogP contribution in [0.4, 0.5) is 5.69 Å². The molecule has 0 radical (unpaired) electrons. The number of hydrogen-bond donors (Lipinski definition) is 1. The average molecular weight is 416 g/mol. The van der Waals surface area contributed by atoms with E-state index >= 15 is 0 Å². The van der Waals surface area contributed by atoms with Crippen LogP contribution in [-0.2, 0) is 0 Å². The maximum Gasteiger partial charge on any atom is 0.0922 e. The molecule has 2 rings (SSSR count). The number of nitrogens with zero attached hydrogens (tertiary/aromatic N) is 2. The Morgan fingerprint density at radius 1 is 1.33 bits per heavy atom. The van der Waals surface area contributed by atoms with Crippen LogP contribution in [0.15, 0.2) is 47.1 Å². The second-order valence-corrected chi connectivity index (χ2v) is 5.35. The summed E-state index contributed by atoms with van der Waals surface area (Å²) in [6, 6.07) is 8.34. The third-order valence-electron chi connectivity index (χ3n) is 3.18. The molecule has 1 N–H and O–H groups in total. The smallest absolute Gasteiger partial charge is 0.0922 e. The molecule has 114 valence electrons. The molecular formula is C16H21IN2OS. The largest absolute Gasteiger partial charge is 0.396 e. The first kappa shape index (κ1) is 18.3. The van der Waals surface area contributed by atoms with E-state index in [1.807, 2.05) is 6.26 Å². The summed E-state index contributed by atoms with van der Waals surface area (Å²) in [5, 5.41) is 9.80. The molecule has 0 spiro atoms. The van der Waals surface area contributed by atoms with Crippen LogP contribution < -0.4 is 4.90 Å². The second kappa shape index (κ2) is 9.27. The zero-order valence-corrected chi connectivity index (χ0v) is 15.5. The lowest BCUT2D eigenvalue weighted by molar-refractivity contribution is 0.291. The number of fused-ring (bicyclic) bond motifs is 1. The predicted octanol–water partition coefficient (Wildman–Crippen LogP) is 3.80. The number of likely N-dealkylation sites (N-methyl/N-ethyl adjacent to an activating group) is 1. The van der Waals surface area contributed by atoms with E-state index in [1.54, 1.807) is 11.8 Å². The van der Waals surface area contributed by atoms with Crippen LogP contribution in [0.1, 0.15) is 12.0 Å². The number of benzene rings is 1. The highest BCUT2D eigenvalue weighted by atomic mass is 127. The molecule has 3 nitrogen and oxygen atoms in total. The van der Waals surface area contributed by atoms with Gasteiger partial charge in [-0.15, -0.1) is 35.7 Å². The van der Waals surface area contributed by atoms with Gasteiger partial charge in [-0.3, -0.25) is 4.99 Å². The second-order valence-electron chi connectivity index (χ2n) is 4.52. The molecule has 0 fully saturated rings. The fourth-order valence-electron chi connectivity index (χ4n) is 2.06. The van der Waals surface area contributed by atoms with Crippen molar-refractivity contribution in [1.82, 2.24) is 0 Å². The fourth-order valence-corrected chi connectivity index (χ4v) is 2.52. The van der Waals surface area contributed by atoms with Crippen LogP contribution in [0.2, 0.25) is 0 Å². The van der Waals surface area contributed by atoms with Crippen LogP contribution >= 0.6 is 35.7 Å². The van der Waals surface area contributed by atoms with E-state index < -0.39 is 0 Å². The van der Waals surface area contributed by atoms with Crippen LogP contribution in [0.5, 0.6) is 0 Å². The SMILES string of the molecule is CSC(C=C1C=Cc2ccccc2N1C)=NCCCO.I. The van der Waals surface area contributed by atoms with Crippen molar-refractivity contribution in [3.05, 3.63) is 47.7 Å². The molecule has 1 aliphatic rings.